The molecular weight excluding hydrogens is 214 g/mol. The molecule has 0 saturated heterocycles. The van der Waals surface area contributed by atoms with Crippen molar-refractivity contribution in [2.24, 2.45) is 0 Å². The number of nitrogens with one attached hydrogen (secondary N) is 1. The summed E-state index contributed by atoms with van der Waals surface area (Å²) in [5.41, 5.74) is 1.54. The van der Waals surface area contributed by atoms with Crippen molar-refractivity contribution in [3.63, 3.8) is 0 Å². The number of imidazole rings is 1. The quantitative estimate of drug-likeness (QED) is 0.868. The van der Waals surface area contributed by atoms with Gasteiger partial charge in [0.1, 0.15) is 5.69 Å². The second-order valence-corrected chi connectivity index (χ2v) is 4.23. The molecule has 86 valence electrons. The lowest BCUT2D eigenvalue weighted by Gasteiger charge is -2.07. The Morgan fingerprint density at radius 2 is 2.06 bits per heavy atom. The van der Waals surface area contributed by atoms with E-state index in [2.05, 4.69) is 10.3 Å². The van der Waals surface area contributed by atoms with Gasteiger partial charge in [-0.1, -0.05) is 18.2 Å². The zero-order chi connectivity index (χ0) is 11.7. The van der Waals surface area contributed by atoms with E-state index in [-0.39, 0.29) is 5.91 Å². The molecule has 1 N–H and O–H groups in total. The van der Waals surface area contributed by atoms with E-state index in [0.717, 1.165) is 18.5 Å². The first-order chi connectivity index (χ1) is 8.34. The van der Waals surface area contributed by atoms with Crippen LogP contribution in [-0.2, 0) is 0 Å². The molecule has 0 bridgehead atoms. The average Bonchev–Trinajstić information content (AvgIpc) is 3.04. The SMILES string of the molecule is O=C(NC1CC1)c1cncn1-c1ccccc1. The maximum absolute atomic E-state index is 12.0. The van der Waals surface area contributed by atoms with Crippen LogP contribution in [0.5, 0.6) is 0 Å². The average molecular weight is 227 g/mol. The van der Waals surface area contributed by atoms with E-state index in [1.54, 1.807) is 17.1 Å². The van der Waals surface area contributed by atoms with Crippen molar-refractivity contribution in [2.75, 3.05) is 0 Å². The highest BCUT2D eigenvalue weighted by molar-refractivity contribution is 5.93. The molecule has 1 saturated carbocycles. The Labute approximate surface area is 99.3 Å². The number of aromatic nitrogens is 2. The number of rotatable bonds is 3. The van der Waals surface area contributed by atoms with Crippen LogP contribution in [0.3, 0.4) is 0 Å². The highest BCUT2D eigenvalue weighted by Crippen LogP contribution is 2.19. The number of hydrogen-bond acceptors (Lipinski definition) is 2. The van der Waals surface area contributed by atoms with Crippen LogP contribution in [0.2, 0.25) is 0 Å². The Bertz CT molecular complexity index is 529. The van der Waals surface area contributed by atoms with Crippen LogP contribution >= 0.6 is 0 Å². The van der Waals surface area contributed by atoms with Crippen LogP contribution in [0.15, 0.2) is 42.9 Å². The highest BCUT2D eigenvalue weighted by Gasteiger charge is 2.25. The summed E-state index contributed by atoms with van der Waals surface area (Å²) >= 11 is 0. The first-order valence-corrected chi connectivity index (χ1v) is 5.73. The summed E-state index contributed by atoms with van der Waals surface area (Å²) in [5.74, 6) is -0.0474. The van der Waals surface area contributed by atoms with Crippen molar-refractivity contribution in [3.05, 3.63) is 48.5 Å². The highest BCUT2D eigenvalue weighted by atomic mass is 16.2. The van der Waals surface area contributed by atoms with Crippen molar-refractivity contribution < 1.29 is 4.79 Å². The molecule has 0 radical (unpaired) electrons. The molecule has 2 aromatic rings. The minimum Gasteiger partial charge on any atom is -0.348 e. The molecule has 4 nitrogen and oxygen atoms in total. The fourth-order valence-electron chi connectivity index (χ4n) is 1.74. The maximum Gasteiger partial charge on any atom is 0.270 e. The first kappa shape index (κ1) is 10.1. The van der Waals surface area contributed by atoms with Gasteiger partial charge in [0, 0.05) is 11.7 Å². The molecule has 1 aromatic carbocycles. The molecule has 0 unspecified atom stereocenters. The van der Waals surface area contributed by atoms with Gasteiger partial charge in [-0.15, -0.1) is 0 Å². The summed E-state index contributed by atoms with van der Waals surface area (Å²) in [6.07, 6.45) is 5.44. The van der Waals surface area contributed by atoms with Gasteiger partial charge in [-0.25, -0.2) is 4.98 Å². The van der Waals surface area contributed by atoms with Crippen molar-refractivity contribution in [2.45, 2.75) is 18.9 Å². The second-order valence-electron chi connectivity index (χ2n) is 4.23. The molecule has 0 atom stereocenters. The van der Waals surface area contributed by atoms with Crippen molar-refractivity contribution in [1.29, 1.82) is 0 Å². The largest absolute Gasteiger partial charge is 0.348 e. The van der Waals surface area contributed by atoms with Crippen LogP contribution in [-0.4, -0.2) is 21.5 Å². The van der Waals surface area contributed by atoms with Gasteiger partial charge in [0.25, 0.3) is 5.91 Å². The van der Waals surface area contributed by atoms with E-state index < -0.39 is 0 Å². The van der Waals surface area contributed by atoms with Gasteiger partial charge in [0.2, 0.25) is 0 Å². The van der Waals surface area contributed by atoms with Gasteiger partial charge in [-0.3, -0.25) is 9.36 Å². The Kier molecular flexibility index (Phi) is 2.40. The van der Waals surface area contributed by atoms with E-state index in [4.69, 9.17) is 0 Å². The third-order valence-corrected chi connectivity index (χ3v) is 2.82. The zero-order valence-corrected chi connectivity index (χ0v) is 9.34. The Morgan fingerprint density at radius 1 is 1.29 bits per heavy atom. The molecule has 4 heteroatoms. The lowest BCUT2D eigenvalue weighted by Crippen LogP contribution is -2.27. The smallest absolute Gasteiger partial charge is 0.270 e. The predicted octanol–water partition coefficient (Wildman–Crippen LogP) is 1.76. The number of benzene rings is 1. The zero-order valence-electron chi connectivity index (χ0n) is 9.34. The normalized spacial score (nSPS) is 14.6. The summed E-state index contributed by atoms with van der Waals surface area (Å²) in [6.45, 7) is 0. The summed E-state index contributed by atoms with van der Waals surface area (Å²) in [5, 5.41) is 2.97. The van der Waals surface area contributed by atoms with Crippen LogP contribution in [0.4, 0.5) is 0 Å². The van der Waals surface area contributed by atoms with E-state index in [1.807, 2.05) is 30.3 Å². The lowest BCUT2D eigenvalue weighted by molar-refractivity contribution is 0.0944. The van der Waals surface area contributed by atoms with Crippen LogP contribution in [0, 0.1) is 0 Å². The molecular formula is C13H13N3O. The van der Waals surface area contributed by atoms with Gasteiger partial charge in [-0.05, 0) is 25.0 Å². The standard InChI is InChI=1S/C13H13N3O/c17-13(15-10-6-7-10)12-8-14-9-16(12)11-4-2-1-3-5-11/h1-5,8-10H,6-7H2,(H,15,17). The number of nitrogens with zero attached hydrogens (tertiary/aromatic N) is 2. The molecule has 1 aromatic heterocycles. The van der Waals surface area contributed by atoms with Gasteiger partial charge >= 0.3 is 0 Å². The number of carbonyl (C=O) groups excluding carboxylic acids is 1. The molecule has 0 spiro atoms. The van der Waals surface area contributed by atoms with Gasteiger partial charge < -0.3 is 5.32 Å². The molecule has 1 heterocycles. The van der Waals surface area contributed by atoms with Crippen LogP contribution < -0.4 is 5.32 Å². The van der Waals surface area contributed by atoms with E-state index in [0.29, 0.717) is 11.7 Å². The summed E-state index contributed by atoms with van der Waals surface area (Å²) < 4.78 is 1.80. The van der Waals surface area contributed by atoms with E-state index >= 15 is 0 Å². The van der Waals surface area contributed by atoms with Crippen molar-refractivity contribution in [1.82, 2.24) is 14.9 Å². The Morgan fingerprint density at radius 3 is 2.76 bits per heavy atom. The minimum absolute atomic E-state index is 0.0474. The summed E-state index contributed by atoms with van der Waals surface area (Å²) in [7, 11) is 0. The third kappa shape index (κ3) is 2.06. The Balaban J connectivity index is 1.90. The monoisotopic (exact) mass is 227 g/mol. The molecule has 0 aliphatic heterocycles. The minimum atomic E-state index is -0.0474. The number of para-hydroxylation sites is 1. The summed E-state index contributed by atoms with van der Waals surface area (Å²) in [4.78, 5) is 16.0. The molecule has 17 heavy (non-hydrogen) atoms. The topological polar surface area (TPSA) is 46.9 Å². The molecule has 1 amide bonds. The van der Waals surface area contributed by atoms with E-state index in [9.17, 15) is 4.79 Å². The third-order valence-electron chi connectivity index (χ3n) is 2.82. The van der Waals surface area contributed by atoms with E-state index in [1.165, 1.54) is 0 Å². The predicted molar refractivity (Wildman–Crippen MR) is 64.1 cm³/mol. The van der Waals surface area contributed by atoms with Crippen molar-refractivity contribution in [3.8, 4) is 5.69 Å². The molecule has 1 fully saturated rings. The van der Waals surface area contributed by atoms with Crippen LogP contribution in [0.1, 0.15) is 23.3 Å². The second kappa shape index (κ2) is 4.05. The number of hydrogen-bond donors (Lipinski definition) is 1. The number of amides is 1. The van der Waals surface area contributed by atoms with Crippen molar-refractivity contribution >= 4 is 5.91 Å². The fourth-order valence-corrected chi connectivity index (χ4v) is 1.74. The van der Waals surface area contributed by atoms with Crippen LogP contribution in [0.25, 0.3) is 5.69 Å². The molecule has 1 aliphatic rings. The van der Waals surface area contributed by atoms with Gasteiger partial charge in [0.05, 0.1) is 12.5 Å². The lowest BCUT2D eigenvalue weighted by atomic mass is 10.3. The maximum atomic E-state index is 12.0. The molecule has 3 rings (SSSR count). The summed E-state index contributed by atoms with van der Waals surface area (Å²) in [6, 6.07) is 10.1. The molecule has 1 aliphatic carbocycles. The first-order valence-electron chi connectivity index (χ1n) is 5.73. The fraction of sp³-hybridized carbons (Fsp3) is 0.231. The van der Waals surface area contributed by atoms with Gasteiger partial charge in [-0.2, -0.15) is 0 Å². The number of carbonyl (C=O) groups is 1. The van der Waals surface area contributed by atoms with Gasteiger partial charge in [0.15, 0.2) is 0 Å². The Hall–Kier alpha value is -2.10.